The Bertz CT molecular complexity index is 1070. The molecule has 2 aromatic rings. The van der Waals surface area contributed by atoms with Gasteiger partial charge in [-0.1, -0.05) is 0 Å². The molecule has 152 valence electrons. The lowest BCUT2D eigenvalue weighted by Gasteiger charge is -2.16. The first-order valence-corrected chi connectivity index (χ1v) is 11.9. The summed E-state index contributed by atoms with van der Waals surface area (Å²) in [7, 11) is -5.82. The van der Waals surface area contributed by atoms with E-state index in [0.29, 0.717) is 30.1 Å². The number of hydrogen-bond donors (Lipinski definition) is 1. The zero-order chi connectivity index (χ0) is 20.5. The lowest BCUT2D eigenvalue weighted by atomic mass is 10.1. The summed E-state index contributed by atoms with van der Waals surface area (Å²) in [6, 6.07) is 8.89. The minimum absolute atomic E-state index is 0.152. The first-order chi connectivity index (χ1) is 13.2. The van der Waals surface area contributed by atoms with Gasteiger partial charge in [0, 0.05) is 18.8 Å². The second-order valence-corrected chi connectivity index (χ2v) is 10.3. The fourth-order valence-corrected chi connectivity index (χ4v) is 6.14. The van der Waals surface area contributed by atoms with Crippen molar-refractivity contribution in [3.8, 4) is 5.75 Å². The minimum atomic E-state index is -3.82. The number of rotatable bonds is 6. The molecule has 28 heavy (non-hydrogen) atoms. The third-order valence-corrected chi connectivity index (χ3v) is 8.45. The third-order valence-electron chi connectivity index (χ3n) is 5.01. The molecule has 0 aromatic heterocycles. The zero-order valence-electron chi connectivity index (χ0n) is 16.1. The fraction of sp³-hybridized carbons (Fsp3) is 0.368. The van der Waals surface area contributed by atoms with Crippen LogP contribution in [0.3, 0.4) is 0 Å². The third kappa shape index (κ3) is 3.87. The summed E-state index contributed by atoms with van der Waals surface area (Å²) < 4.78 is 59.9. The molecule has 3 rings (SSSR count). The van der Waals surface area contributed by atoms with Crippen molar-refractivity contribution in [2.75, 3.05) is 24.9 Å². The molecule has 1 aliphatic heterocycles. The number of sulfonamides is 2. The molecule has 7 nitrogen and oxygen atoms in total. The molecular weight excluding hydrogens is 400 g/mol. The number of benzene rings is 2. The van der Waals surface area contributed by atoms with E-state index in [0.717, 1.165) is 18.4 Å². The summed E-state index contributed by atoms with van der Waals surface area (Å²) in [5, 5.41) is 0. The van der Waals surface area contributed by atoms with Crippen molar-refractivity contribution in [1.82, 2.24) is 4.31 Å². The Hall–Kier alpha value is -2.10. The standard InChI is InChI=1S/C19H24N2O5S2/c1-14-15(2)19(11-10-18(14)26-3)27(22,23)20-16-6-8-17(9-7-16)28(24,25)21-12-4-5-13-21/h6-11,20H,4-5,12-13H2,1-3H3. The van der Waals surface area contributed by atoms with Gasteiger partial charge in [0.15, 0.2) is 0 Å². The Morgan fingerprint density at radius 1 is 0.893 bits per heavy atom. The van der Waals surface area contributed by atoms with Crippen LogP contribution in [0.15, 0.2) is 46.2 Å². The molecule has 1 fully saturated rings. The summed E-state index contributed by atoms with van der Waals surface area (Å²) in [4.78, 5) is 0.313. The first-order valence-electron chi connectivity index (χ1n) is 8.94. The van der Waals surface area contributed by atoms with Gasteiger partial charge in [-0.2, -0.15) is 4.31 Å². The van der Waals surface area contributed by atoms with Gasteiger partial charge in [-0.15, -0.1) is 0 Å². The number of ether oxygens (including phenoxy) is 1. The number of hydrogen-bond acceptors (Lipinski definition) is 5. The highest BCUT2D eigenvalue weighted by Crippen LogP contribution is 2.28. The van der Waals surface area contributed by atoms with Gasteiger partial charge in [0.1, 0.15) is 5.75 Å². The van der Waals surface area contributed by atoms with Crippen molar-refractivity contribution in [2.24, 2.45) is 0 Å². The van der Waals surface area contributed by atoms with Crippen LogP contribution in [-0.2, 0) is 20.0 Å². The first kappa shape index (κ1) is 20.6. The molecule has 1 N–H and O–H groups in total. The summed E-state index contributed by atoms with van der Waals surface area (Å²) in [6.45, 7) is 4.56. The van der Waals surface area contributed by atoms with Crippen molar-refractivity contribution >= 4 is 25.7 Å². The van der Waals surface area contributed by atoms with Crippen LogP contribution in [0.2, 0.25) is 0 Å². The van der Waals surface area contributed by atoms with Gasteiger partial charge >= 0.3 is 0 Å². The van der Waals surface area contributed by atoms with Crippen LogP contribution in [0.25, 0.3) is 0 Å². The molecule has 9 heteroatoms. The van der Waals surface area contributed by atoms with E-state index in [1.54, 1.807) is 19.9 Å². The van der Waals surface area contributed by atoms with E-state index in [2.05, 4.69) is 4.72 Å². The molecule has 1 heterocycles. The van der Waals surface area contributed by atoms with E-state index >= 15 is 0 Å². The van der Waals surface area contributed by atoms with Crippen molar-refractivity contribution in [2.45, 2.75) is 36.5 Å². The van der Waals surface area contributed by atoms with Crippen molar-refractivity contribution in [3.63, 3.8) is 0 Å². The highest BCUT2D eigenvalue weighted by atomic mass is 32.2. The lowest BCUT2D eigenvalue weighted by Crippen LogP contribution is -2.27. The van der Waals surface area contributed by atoms with Crippen LogP contribution in [0, 0.1) is 13.8 Å². The molecule has 0 bridgehead atoms. The van der Waals surface area contributed by atoms with Crippen LogP contribution in [0.1, 0.15) is 24.0 Å². The van der Waals surface area contributed by atoms with E-state index in [-0.39, 0.29) is 9.79 Å². The van der Waals surface area contributed by atoms with Gasteiger partial charge in [-0.25, -0.2) is 16.8 Å². The molecule has 0 saturated carbocycles. The normalized spacial score (nSPS) is 15.5. The molecule has 1 aliphatic rings. The van der Waals surface area contributed by atoms with E-state index in [1.165, 1.54) is 41.7 Å². The molecule has 0 spiro atoms. The average molecular weight is 425 g/mol. The molecule has 2 aromatic carbocycles. The molecular formula is C19H24N2O5S2. The van der Waals surface area contributed by atoms with Gasteiger partial charge in [-0.05, 0) is 74.2 Å². The summed E-state index contributed by atoms with van der Waals surface area (Å²) in [5.41, 5.74) is 1.64. The predicted octanol–water partition coefficient (Wildman–Crippen LogP) is 2.90. The molecule has 0 amide bonds. The smallest absolute Gasteiger partial charge is 0.262 e. The van der Waals surface area contributed by atoms with Gasteiger partial charge in [-0.3, -0.25) is 4.72 Å². The Kier molecular flexibility index (Phi) is 5.69. The van der Waals surface area contributed by atoms with Crippen LogP contribution < -0.4 is 9.46 Å². The van der Waals surface area contributed by atoms with Gasteiger partial charge in [0.25, 0.3) is 10.0 Å². The monoisotopic (exact) mass is 424 g/mol. The van der Waals surface area contributed by atoms with E-state index in [9.17, 15) is 16.8 Å². The maximum atomic E-state index is 12.8. The Morgan fingerprint density at radius 2 is 1.50 bits per heavy atom. The van der Waals surface area contributed by atoms with Gasteiger partial charge < -0.3 is 4.74 Å². The Balaban J connectivity index is 1.85. The Labute approximate surface area is 166 Å². The van der Waals surface area contributed by atoms with Crippen molar-refractivity contribution < 1.29 is 21.6 Å². The summed E-state index contributed by atoms with van der Waals surface area (Å²) in [6.07, 6.45) is 1.72. The second kappa shape index (κ2) is 7.73. The molecule has 0 unspecified atom stereocenters. The van der Waals surface area contributed by atoms with Crippen molar-refractivity contribution in [3.05, 3.63) is 47.5 Å². The van der Waals surface area contributed by atoms with Crippen LogP contribution >= 0.6 is 0 Å². The number of nitrogens with zero attached hydrogens (tertiary/aromatic N) is 1. The minimum Gasteiger partial charge on any atom is -0.496 e. The van der Waals surface area contributed by atoms with Crippen molar-refractivity contribution in [1.29, 1.82) is 0 Å². The van der Waals surface area contributed by atoms with E-state index in [4.69, 9.17) is 4.74 Å². The van der Waals surface area contributed by atoms with Crippen LogP contribution in [0.4, 0.5) is 5.69 Å². The largest absolute Gasteiger partial charge is 0.496 e. The van der Waals surface area contributed by atoms with E-state index in [1.807, 2.05) is 0 Å². The Morgan fingerprint density at radius 3 is 2.07 bits per heavy atom. The number of methoxy groups -OCH3 is 1. The fourth-order valence-electron chi connectivity index (χ4n) is 3.27. The highest BCUT2D eigenvalue weighted by Gasteiger charge is 2.27. The molecule has 0 radical (unpaired) electrons. The van der Waals surface area contributed by atoms with Gasteiger partial charge in [0.2, 0.25) is 10.0 Å². The number of anilines is 1. The van der Waals surface area contributed by atoms with Gasteiger partial charge in [0.05, 0.1) is 16.9 Å². The quantitative estimate of drug-likeness (QED) is 0.770. The average Bonchev–Trinajstić information content (AvgIpc) is 3.19. The van der Waals surface area contributed by atoms with Crippen LogP contribution in [0.5, 0.6) is 5.75 Å². The zero-order valence-corrected chi connectivity index (χ0v) is 17.7. The topological polar surface area (TPSA) is 92.8 Å². The van der Waals surface area contributed by atoms with E-state index < -0.39 is 20.0 Å². The second-order valence-electron chi connectivity index (χ2n) is 6.76. The molecule has 0 atom stereocenters. The maximum Gasteiger partial charge on any atom is 0.262 e. The molecule has 0 aliphatic carbocycles. The lowest BCUT2D eigenvalue weighted by molar-refractivity contribution is 0.410. The summed E-state index contributed by atoms with van der Waals surface area (Å²) >= 11 is 0. The number of nitrogens with one attached hydrogen (secondary N) is 1. The SMILES string of the molecule is COc1ccc(S(=O)(=O)Nc2ccc(S(=O)(=O)N3CCCC3)cc2)c(C)c1C. The van der Waals surface area contributed by atoms with Crippen LogP contribution in [-0.4, -0.2) is 41.3 Å². The predicted molar refractivity (Wildman–Crippen MR) is 108 cm³/mol. The highest BCUT2D eigenvalue weighted by molar-refractivity contribution is 7.92. The molecule has 1 saturated heterocycles. The maximum absolute atomic E-state index is 12.8. The summed E-state index contributed by atoms with van der Waals surface area (Å²) in [5.74, 6) is 0.618.